The number of nitrogens with one attached hydrogen (secondary N) is 2. The van der Waals surface area contributed by atoms with E-state index in [0.29, 0.717) is 0 Å². The van der Waals surface area contributed by atoms with E-state index in [1.54, 1.807) is 0 Å². The van der Waals surface area contributed by atoms with Gasteiger partial charge in [0, 0.05) is 24.0 Å². The highest BCUT2D eigenvalue weighted by Crippen LogP contribution is 2.12. The third-order valence-electron chi connectivity index (χ3n) is 2.42. The Morgan fingerprint density at radius 2 is 1.25 bits per heavy atom. The molecule has 0 unspecified atom stereocenters. The molecule has 4 heteroatoms. The van der Waals surface area contributed by atoms with Crippen LogP contribution in [0, 0.1) is 12.8 Å². The van der Waals surface area contributed by atoms with Gasteiger partial charge in [0.2, 0.25) is 0 Å². The number of amidine groups is 2. The summed E-state index contributed by atoms with van der Waals surface area (Å²) in [5, 5.41) is 8.47. The molecule has 1 heterocycles. The number of hydrazone groups is 2. The maximum atomic E-state index is 4.23. The Kier molecular flexibility index (Phi) is 2.18. The van der Waals surface area contributed by atoms with Crippen molar-refractivity contribution < 1.29 is 0 Å². The standard InChI is InChI=1S/C12H10N4/c1-2-6-9(5-1)11-13-15-12(16-14-11)10-7-3-4-8-10/h1-8H,(H,13,14)(H,15,16). The summed E-state index contributed by atoms with van der Waals surface area (Å²) in [6.07, 6.45) is 15.8. The van der Waals surface area contributed by atoms with Gasteiger partial charge >= 0.3 is 0 Å². The van der Waals surface area contributed by atoms with E-state index in [-0.39, 0.29) is 0 Å². The molecule has 4 nitrogen and oxygen atoms in total. The summed E-state index contributed by atoms with van der Waals surface area (Å²) in [4.78, 5) is 0. The third kappa shape index (κ3) is 1.58. The van der Waals surface area contributed by atoms with E-state index in [0.717, 1.165) is 22.8 Å². The van der Waals surface area contributed by atoms with Crippen molar-refractivity contribution in [2.24, 2.45) is 10.2 Å². The lowest BCUT2D eigenvalue weighted by molar-refractivity contribution is 0.884. The van der Waals surface area contributed by atoms with E-state index in [1.165, 1.54) is 0 Å². The zero-order chi connectivity index (χ0) is 10.8. The summed E-state index contributed by atoms with van der Waals surface area (Å²) in [5.41, 5.74) is 7.92. The normalized spacial score (nSPS) is 22.0. The van der Waals surface area contributed by atoms with E-state index in [4.69, 9.17) is 0 Å². The summed E-state index contributed by atoms with van der Waals surface area (Å²) in [6, 6.07) is 0. The Bertz CT molecular complexity index is 443. The zero-order valence-electron chi connectivity index (χ0n) is 8.51. The van der Waals surface area contributed by atoms with Gasteiger partial charge in [0.15, 0.2) is 11.7 Å². The van der Waals surface area contributed by atoms with Gasteiger partial charge in [0.25, 0.3) is 0 Å². The minimum atomic E-state index is 0.736. The first-order valence-electron chi connectivity index (χ1n) is 5.05. The lowest BCUT2D eigenvalue weighted by Gasteiger charge is -2.14. The molecule has 0 saturated carbocycles. The van der Waals surface area contributed by atoms with Gasteiger partial charge < -0.3 is 0 Å². The number of hydrogen-bond acceptors (Lipinski definition) is 4. The fraction of sp³-hybridized carbons (Fsp3) is 0. The summed E-state index contributed by atoms with van der Waals surface area (Å²) in [7, 11) is 0. The molecule has 0 aromatic carbocycles. The second kappa shape index (κ2) is 3.81. The number of nitrogens with zero attached hydrogens (tertiary/aromatic N) is 2. The summed E-state index contributed by atoms with van der Waals surface area (Å²) >= 11 is 0. The first-order chi connectivity index (χ1) is 7.93. The highest BCUT2D eigenvalue weighted by Gasteiger charge is 2.14. The molecule has 16 heavy (non-hydrogen) atoms. The van der Waals surface area contributed by atoms with Crippen LogP contribution in [0.5, 0.6) is 0 Å². The van der Waals surface area contributed by atoms with Crippen LogP contribution < -0.4 is 10.9 Å². The van der Waals surface area contributed by atoms with Gasteiger partial charge in [-0.15, -0.1) is 0 Å². The molecule has 2 aliphatic carbocycles. The molecular formula is C12H10N4. The Morgan fingerprint density at radius 3 is 1.56 bits per heavy atom. The van der Waals surface area contributed by atoms with Crippen molar-refractivity contribution in [1.82, 2.24) is 10.9 Å². The van der Waals surface area contributed by atoms with Crippen molar-refractivity contribution in [3.05, 3.63) is 60.4 Å². The lowest BCUT2D eigenvalue weighted by Crippen LogP contribution is -2.34. The first-order valence-corrected chi connectivity index (χ1v) is 5.05. The van der Waals surface area contributed by atoms with Crippen LogP contribution in [0.2, 0.25) is 0 Å². The van der Waals surface area contributed by atoms with Crippen molar-refractivity contribution >= 4 is 11.7 Å². The zero-order valence-corrected chi connectivity index (χ0v) is 8.51. The Balaban J connectivity index is 1.73. The second-order valence-electron chi connectivity index (χ2n) is 3.49. The lowest BCUT2D eigenvalue weighted by atomic mass is 10.2. The van der Waals surface area contributed by atoms with Gasteiger partial charge in [0.05, 0.1) is 0 Å². The van der Waals surface area contributed by atoms with E-state index >= 15 is 0 Å². The van der Waals surface area contributed by atoms with Crippen molar-refractivity contribution in [2.75, 3.05) is 0 Å². The largest absolute Gasteiger partial charge is 0.257 e. The van der Waals surface area contributed by atoms with Crippen LogP contribution in [0.4, 0.5) is 0 Å². The average Bonchev–Trinajstić information content (AvgIpc) is 3.03. The van der Waals surface area contributed by atoms with E-state index in [2.05, 4.69) is 21.1 Å². The fourth-order valence-corrected chi connectivity index (χ4v) is 1.59. The molecule has 1 aliphatic heterocycles. The van der Waals surface area contributed by atoms with Gasteiger partial charge in [0.1, 0.15) is 0 Å². The molecule has 0 atom stereocenters. The van der Waals surface area contributed by atoms with Gasteiger partial charge in [-0.05, 0) is 0 Å². The maximum absolute atomic E-state index is 4.23. The monoisotopic (exact) mass is 210 g/mol. The average molecular weight is 210 g/mol. The van der Waals surface area contributed by atoms with Gasteiger partial charge in [-0.3, -0.25) is 10.9 Å². The van der Waals surface area contributed by atoms with E-state index in [9.17, 15) is 0 Å². The molecule has 2 radical (unpaired) electrons. The van der Waals surface area contributed by atoms with Gasteiger partial charge in [-0.1, -0.05) is 36.5 Å². The van der Waals surface area contributed by atoms with Crippen molar-refractivity contribution in [3.8, 4) is 0 Å². The molecule has 78 valence electrons. The number of allylic oxidation sites excluding steroid dienone is 4. The molecule has 3 aliphatic rings. The van der Waals surface area contributed by atoms with Gasteiger partial charge in [-0.2, -0.15) is 10.2 Å². The number of hydrogen-bond donors (Lipinski definition) is 2. The summed E-state index contributed by atoms with van der Waals surface area (Å²) in [5.74, 6) is 1.47. The van der Waals surface area contributed by atoms with E-state index < -0.39 is 0 Å². The van der Waals surface area contributed by atoms with Crippen LogP contribution in [0.1, 0.15) is 0 Å². The quantitative estimate of drug-likeness (QED) is 0.719. The molecule has 0 fully saturated rings. The SMILES string of the molecule is [CH]1C=CC(C2=NNC(C3=C[CH]C=C3)=NN2)=C1. The van der Waals surface area contributed by atoms with Crippen LogP contribution >= 0.6 is 0 Å². The van der Waals surface area contributed by atoms with Crippen LogP contribution in [0.15, 0.2) is 57.8 Å². The molecule has 0 aromatic rings. The van der Waals surface area contributed by atoms with Crippen molar-refractivity contribution in [3.63, 3.8) is 0 Å². The highest BCUT2D eigenvalue weighted by atomic mass is 15.5. The minimum absolute atomic E-state index is 0.736. The fourth-order valence-electron chi connectivity index (χ4n) is 1.59. The highest BCUT2D eigenvalue weighted by molar-refractivity contribution is 6.08. The molecule has 0 bridgehead atoms. The molecule has 0 amide bonds. The summed E-state index contributed by atoms with van der Waals surface area (Å²) in [6.45, 7) is 0. The molecule has 2 N–H and O–H groups in total. The smallest absolute Gasteiger partial charge is 0.173 e. The topological polar surface area (TPSA) is 48.8 Å². The van der Waals surface area contributed by atoms with Crippen LogP contribution in [0.25, 0.3) is 0 Å². The van der Waals surface area contributed by atoms with Gasteiger partial charge in [-0.25, -0.2) is 0 Å². The molecule has 0 spiro atoms. The Labute approximate surface area is 93.8 Å². The van der Waals surface area contributed by atoms with Crippen molar-refractivity contribution in [2.45, 2.75) is 0 Å². The molecule has 0 saturated heterocycles. The van der Waals surface area contributed by atoms with Crippen LogP contribution in [-0.2, 0) is 0 Å². The Hall–Kier alpha value is -2.10. The predicted molar refractivity (Wildman–Crippen MR) is 64.2 cm³/mol. The Morgan fingerprint density at radius 1 is 0.750 bits per heavy atom. The van der Waals surface area contributed by atoms with Crippen LogP contribution in [-0.4, -0.2) is 11.7 Å². The van der Waals surface area contributed by atoms with Crippen LogP contribution in [0.3, 0.4) is 0 Å². The third-order valence-corrected chi connectivity index (χ3v) is 2.42. The van der Waals surface area contributed by atoms with Crippen molar-refractivity contribution in [1.29, 1.82) is 0 Å². The first kappa shape index (κ1) is 9.15. The summed E-state index contributed by atoms with van der Waals surface area (Å²) < 4.78 is 0. The second-order valence-corrected chi connectivity index (χ2v) is 3.49. The molecular weight excluding hydrogens is 200 g/mol. The van der Waals surface area contributed by atoms with E-state index in [1.807, 2.05) is 49.3 Å². The predicted octanol–water partition coefficient (Wildman–Crippen LogP) is 1.21. The molecule has 3 rings (SSSR count). The maximum Gasteiger partial charge on any atom is 0.173 e. The number of rotatable bonds is 2. The molecule has 0 aromatic heterocycles. The minimum Gasteiger partial charge on any atom is -0.257 e.